The number of hydrogen-bond donors (Lipinski definition) is 1. The van der Waals surface area contributed by atoms with Gasteiger partial charge in [-0.2, -0.15) is 0 Å². The Labute approximate surface area is 369 Å². The molecule has 0 aliphatic rings. The third-order valence-corrected chi connectivity index (χ3v) is 10.3. The summed E-state index contributed by atoms with van der Waals surface area (Å²) in [6, 6.07) is 38.1. The fourth-order valence-corrected chi connectivity index (χ4v) is 7.56. The summed E-state index contributed by atoms with van der Waals surface area (Å²) < 4.78 is 138. The molecule has 9 aromatic rings. The summed E-state index contributed by atoms with van der Waals surface area (Å²) in [4.78, 5) is 9.98. The summed E-state index contributed by atoms with van der Waals surface area (Å²) >= 11 is 0. The van der Waals surface area contributed by atoms with Gasteiger partial charge < -0.3 is 5.11 Å². The Bertz CT molecular complexity index is 3630. The summed E-state index contributed by atoms with van der Waals surface area (Å²) in [6.07, 6.45) is 1.39. The molecule has 0 aliphatic heterocycles. The van der Waals surface area contributed by atoms with Crippen molar-refractivity contribution < 1.29 is 27.0 Å². The summed E-state index contributed by atoms with van der Waals surface area (Å²) in [5.41, 5.74) is 3.35. The van der Waals surface area contributed by atoms with E-state index in [1.165, 1.54) is 18.3 Å². The lowest BCUT2D eigenvalue weighted by Gasteiger charge is -2.19. The molecule has 0 saturated carbocycles. The SMILES string of the molecule is [2H]c1c([2H])c(C(C([2H])([2H])[2H])(C([2H])([2H])[2H])C([2H])([2H])[2H])c([2H])c([2H])c1-c1ccnc(-c2cc(-c3ccccc3)cc(-c3cccc4c3nc(-c3cc(C)cc(C)c3O)n4-c3cc(-c4ccccc4)cc(C([2H])([2H])[2H])c3)c2)c1. The Morgan fingerprint density at radius 1 is 0.576 bits per heavy atom. The number of aromatic nitrogens is 3. The summed E-state index contributed by atoms with van der Waals surface area (Å²) in [5, 5.41) is 11.8. The molecule has 1 N–H and O–H groups in total. The van der Waals surface area contributed by atoms with Gasteiger partial charge in [-0.25, -0.2) is 4.98 Å². The first-order valence-electron chi connectivity index (χ1n) is 27.0. The minimum absolute atomic E-state index is 0.00386. The smallest absolute Gasteiger partial charge is 0.149 e. The van der Waals surface area contributed by atoms with Crippen LogP contribution < -0.4 is 0 Å². The van der Waals surface area contributed by atoms with Crippen LogP contribution in [0.1, 0.15) is 64.7 Å². The minimum atomic E-state index is -3.83. The predicted molar refractivity (Wildman–Crippen MR) is 246 cm³/mol. The summed E-state index contributed by atoms with van der Waals surface area (Å²) in [6.45, 7) is -10.3. The number of aromatic hydroxyl groups is 1. The van der Waals surface area contributed by atoms with Gasteiger partial charge >= 0.3 is 0 Å². The molecule has 0 saturated heterocycles. The normalized spacial score (nSPS) is 16.4. The van der Waals surface area contributed by atoms with Crippen molar-refractivity contribution in [2.75, 3.05) is 0 Å². The fourth-order valence-electron chi connectivity index (χ4n) is 7.56. The van der Waals surface area contributed by atoms with E-state index in [1.54, 1.807) is 19.1 Å². The van der Waals surface area contributed by atoms with Gasteiger partial charge in [0.1, 0.15) is 11.6 Å². The van der Waals surface area contributed by atoms with Gasteiger partial charge in [0.2, 0.25) is 0 Å². The molecule has 7 aromatic carbocycles. The lowest BCUT2D eigenvalue weighted by atomic mass is 9.86. The van der Waals surface area contributed by atoms with Crippen LogP contribution in [0.15, 0.2) is 170 Å². The van der Waals surface area contributed by atoms with Crippen molar-refractivity contribution in [1.82, 2.24) is 14.5 Å². The lowest BCUT2D eigenvalue weighted by molar-refractivity contribution is 0.472. The Hall–Kier alpha value is -7.04. The molecule has 4 nitrogen and oxygen atoms in total. The number of rotatable bonds is 7. The number of imidazole rings is 1. The van der Waals surface area contributed by atoms with Gasteiger partial charge in [-0.1, -0.05) is 130 Å². The molecule has 0 spiro atoms. The molecule has 0 unspecified atom stereocenters. The summed E-state index contributed by atoms with van der Waals surface area (Å²) in [7, 11) is 0. The number of nitrogens with zero attached hydrogens (tertiary/aromatic N) is 3. The van der Waals surface area contributed by atoms with Crippen LogP contribution in [-0.2, 0) is 5.41 Å². The van der Waals surface area contributed by atoms with Crippen molar-refractivity contribution >= 4 is 11.0 Å². The number of benzene rings is 7. The van der Waals surface area contributed by atoms with E-state index >= 15 is 0 Å². The van der Waals surface area contributed by atoms with Crippen LogP contribution in [0.4, 0.5) is 0 Å². The van der Waals surface area contributed by atoms with E-state index < -0.39 is 62.6 Å². The highest BCUT2D eigenvalue weighted by atomic mass is 16.3. The van der Waals surface area contributed by atoms with Crippen LogP contribution in [0.2, 0.25) is 0 Å². The maximum absolute atomic E-state index is 11.8. The first-order valence-corrected chi connectivity index (χ1v) is 19.0. The average molecular weight is 782 g/mol. The van der Waals surface area contributed by atoms with Crippen LogP contribution in [-0.4, -0.2) is 19.6 Å². The van der Waals surface area contributed by atoms with Gasteiger partial charge in [0, 0.05) is 39.5 Å². The monoisotopic (exact) mass is 781 g/mol. The van der Waals surface area contributed by atoms with E-state index in [9.17, 15) is 5.11 Å². The molecule has 0 fully saturated rings. The molecule has 0 bridgehead atoms. The van der Waals surface area contributed by atoms with Gasteiger partial charge in [-0.3, -0.25) is 9.55 Å². The fraction of sp³-hybridized carbons (Fsp3) is 0.127. The van der Waals surface area contributed by atoms with Crippen molar-refractivity contribution in [2.24, 2.45) is 0 Å². The minimum Gasteiger partial charge on any atom is -0.507 e. The average Bonchev–Trinajstić information content (AvgIpc) is 3.76. The molecule has 0 amide bonds. The van der Waals surface area contributed by atoms with E-state index in [-0.39, 0.29) is 22.4 Å². The second-order valence-electron chi connectivity index (χ2n) is 14.7. The van der Waals surface area contributed by atoms with Crippen molar-refractivity contribution in [3.05, 3.63) is 192 Å². The van der Waals surface area contributed by atoms with Crippen LogP contribution in [0, 0.1) is 20.7 Å². The number of phenolic OH excluding ortho intramolecular Hbond substituents is 1. The summed E-state index contributed by atoms with van der Waals surface area (Å²) in [5.74, 6) is 0.341. The topological polar surface area (TPSA) is 50.9 Å². The third-order valence-electron chi connectivity index (χ3n) is 10.3. The molecule has 288 valence electrons. The molecular weight excluding hydrogens is 719 g/mol. The predicted octanol–water partition coefficient (Wildman–Crippen LogP) is 14.4. The molecular formula is C55H47N3O. The number of pyridine rings is 1. The zero-order chi connectivity index (χ0) is 54.3. The standard InChI is InChI=1S/C55H47N3O/c1-35-26-37(3)53(59)49(29-35)54-57-52-48(18-13-19-51(52)58(54)47-28-36(2)27-42(33-47)38-14-9-7-10-15-38)44-30-43(39-16-11-8-12-17-39)31-45(32-44)50-34-41(24-25-56-50)40-20-22-46(23-21-40)55(4,5)6/h7-34,59H,1-6H3/i2D3,4D3,5D3,6D3,20D,21D,22D,23D. The third kappa shape index (κ3) is 7.35. The quantitative estimate of drug-likeness (QED) is 0.175. The van der Waals surface area contributed by atoms with E-state index in [0.717, 1.165) is 22.3 Å². The van der Waals surface area contributed by atoms with Crippen molar-refractivity contribution in [3.63, 3.8) is 0 Å². The lowest BCUT2D eigenvalue weighted by Crippen LogP contribution is -2.10. The first-order chi connectivity index (χ1) is 35.1. The molecule has 59 heavy (non-hydrogen) atoms. The maximum Gasteiger partial charge on any atom is 0.149 e. The molecule has 0 atom stereocenters. The number of para-hydroxylation sites is 1. The molecule has 0 aliphatic carbocycles. The van der Waals surface area contributed by atoms with Crippen LogP contribution in [0.3, 0.4) is 0 Å². The van der Waals surface area contributed by atoms with Crippen molar-refractivity contribution in [2.45, 2.75) is 46.7 Å². The van der Waals surface area contributed by atoms with Crippen molar-refractivity contribution in [1.29, 1.82) is 0 Å². The maximum atomic E-state index is 11.8. The van der Waals surface area contributed by atoms with Gasteiger partial charge in [0.25, 0.3) is 0 Å². The van der Waals surface area contributed by atoms with E-state index in [0.29, 0.717) is 61.6 Å². The highest BCUT2D eigenvalue weighted by Crippen LogP contribution is 2.42. The van der Waals surface area contributed by atoms with Crippen LogP contribution in [0.5, 0.6) is 5.75 Å². The number of fused-ring (bicyclic) bond motifs is 1. The largest absolute Gasteiger partial charge is 0.507 e. The van der Waals surface area contributed by atoms with E-state index in [2.05, 4.69) is 4.98 Å². The second-order valence-corrected chi connectivity index (χ2v) is 14.7. The number of phenols is 1. The zero-order valence-electron chi connectivity index (χ0n) is 48.1. The molecule has 2 aromatic heterocycles. The molecule has 0 radical (unpaired) electrons. The Morgan fingerprint density at radius 3 is 1.98 bits per heavy atom. The molecule has 4 heteroatoms. The second kappa shape index (κ2) is 15.0. The highest BCUT2D eigenvalue weighted by molar-refractivity contribution is 5.98. The Balaban J connectivity index is 1.29. The number of hydrogen-bond acceptors (Lipinski definition) is 3. The van der Waals surface area contributed by atoms with Crippen molar-refractivity contribution in [3.8, 4) is 78.6 Å². The first kappa shape index (κ1) is 23.4. The Kier molecular flexibility index (Phi) is 5.96. The Morgan fingerprint density at radius 2 is 1.27 bits per heavy atom. The van der Waals surface area contributed by atoms with E-state index in [4.69, 9.17) is 26.9 Å². The highest BCUT2D eigenvalue weighted by Gasteiger charge is 2.22. The zero-order valence-corrected chi connectivity index (χ0v) is 32.1. The number of aryl methyl sites for hydroxylation is 3. The van der Waals surface area contributed by atoms with Gasteiger partial charge in [-0.15, -0.1) is 0 Å². The van der Waals surface area contributed by atoms with Crippen LogP contribution in [0.25, 0.3) is 83.9 Å². The van der Waals surface area contributed by atoms with Gasteiger partial charge in [-0.05, 0) is 142 Å². The molecule has 2 heterocycles. The van der Waals surface area contributed by atoms with E-state index in [1.807, 2.05) is 127 Å². The van der Waals surface area contributed by atoms with Gasteiger partial charge in [0.15, 0.2) is 0 Å². The molecule has 9 rings (SSSR count). The van der Waals surface area contributed by atoms with Crippen LogP contribution >= 0.6 is 0 Å². The van der Waals surface area contributed by atoms with Gasteiger partial charge in [0.05, 0.1) is 27.8 Å².